The first kappa shape index (κ1) is 17.4. The molecule has 134 valence electrons. The van der Waals surface area contributed by atoms with Crippen LogP contribution in [0.25, 0.3) is 11.3 Å². The van der Waals surface area contributed by atoms with Crippen molar-refractivity contribution in [3.63, 3.8) is 0 Å². The maximum atomic E-state index is 12.4. The highest BCUT2D eigenvalue weighted by Crippen LogP contribution is 2.24. The molecule has 1 atom stereocenters. The molecule has 1 unspecified atom stereocenters. The molecule has 0 N–H and O–H groups in total. The predicted octanol–water partition coefficient (Wildman–Crippen LogP) is 3.14. The van der Waals surface area contributed by atoms with Crippen LogP contribution in [0.2, 0.25) is 0 Å². The molecule has 1 aromatic carbocycles. The molecule has 0 aliphatic carbocycles. The van der Waals surface area contributed by atoms with Gasteiger partial charge in [-0.1, -0.05) is 35.5 Å². The van der Waals surface area contributed by atoms with Gasteiger partial charge in [0, 0.05) is 25.2 Å². The molecule has 2 heterocycles. The summed E-state index contributed by atoms with van der Waals surface area (Å²) in [6.07, 6.45) is -2.46. The average molecular weight is 352 g/mol. The maximum Gasteiger partial charge on any atom is 0.397 e. The van der Waals surface area contributed by atoms with Crippen molar-refractivity contribution >= 4 is 5.91 Å². The van der Waals surface area contributed by atoms with Crippen LogP contribution in [-0.4, -0.2) is 45.1 Å². The zero-order chi connectivity index (χ0) is 17.9. The van der Waals surface area contributed by atoms with Crippen LogP contribution in [0.4, 0.5) is 13.2 Å². The number of hydrogen-bond donors (Lipinski definition) is 0. The monoisotopic (exact) mass is 352 g/mol. The molecular formula is C17H19F3N4O. The summed E-state index contributed by atoms with van der Waals surface area (Å²) in [6, 6.07) is 9.63. The van der Waals surface area contributed by atoms with Gasteiger partial charge in [0.05, 0.1) is 6.20 Å². The smallest absolute Gasteiger partial charge is 0.342 e. The van der Waals surface area contributed by atoms with Crippen molar-refractivity contribution in [3.05, 3.63) is 36.5 Å². The summed E-state index contributed by atoms with van der Waals surface area (Å²) < 4.78 is 38.9. The summed E-state index contributed by atoms with van der Waals surface area (Å²) in [7, 11) is 0. The lowest BCUT2D eigenvalue weighted by molar-refractivity contribution is -0.162. The normalized spacial score (nSPS) is 18.4. The van der Waals surface area contributed by atoms with Crippen molar-refractivity contribution in [2.45, 2.75) is 32.0 Å². The SMILES string of the molecule is O=C(CC(F)(F)F)N1CCCC(Cn2cc(-c3ccccc3)nn2)C1. The van der Waals surface area contributed by atoms with E-state index in [0.29, 0.717) is 26.1 Å². The first-order chi connectivity index (χ1) is 11.9. The molecule has 0 spiro atoms. The number of carbonyl (C=O) groups is 1. The highest BCUT2D eigenvalue weighted by molar-refractivity contribution is 5.76. The molecule has 0 bridgehead atoms. The van der Waals surface area contributed by atoms with E-state index in [1.54, 1.807) is 4.68 Å². The Balaban J connectivity index is 1.60. The van der Waals surface area contributed by atoms with Gasteiger partial charge in [-0.05, 0) is 18.8 Å². The third kappa shape index (κ3) is 4.80. The zero-order valence-corrected chi connectivity index (χ0v) is 13.6. The van der Waals surface area contributed by atoms with Gasteiger partial charge in [0.2, 0.25) is 5.91 Å². The van der Waals surface area contributed by atoms with Crippen molar-refractivity contribution in [1.82, 2.24) is 19.9 Å². The lowest BCUT2D eigenvalue weighted by atomic mass is 9.97. The molecule has 1 saturated heterocycles. The molecule has 2 aromatic rings. The number of aromatic nitrogens is 3. The van der Waals surface area contributed by atoms with Gasteiger partial charge in [-0.3, -0.25) is 9.48 Å². The van der Waals surface area contributed by atoms with Crippen molar-refractivity contribution in [1.29, 1.82) is 0 Å². The fourth-order valence-electron chi connectivity index (χ4n) is 3.12. The van der Waals surface area contributed by atoms with Crippen LogP contribution < -0.4 is 0 Å². The molecule has 0 radical (unpaired) electrons. The first-order valence-electron chi connectivity index (χ1n) is 8.21. The summed E-state index contributed by atoms with van der Waals surface area (Å²) in [4.78, 5) is 13.1. The van der Waals surface area contributed by atoms with Crippen LogP contribution in [-0.2, 0) is 11.3 Å². The number of benzene rings is 1. The van der Waals surface area contributed by atoms with Gasteiger partial charge in [0.1, 0.15) is 12.1 Å². The summed E-state index contributed by atoms with van der Waals surface area (Å²) in [5.74, 6) is -0.767. The lowest BCUT2D eigenvalue weighted by Gasteiger charge is -2.32. The fourth-order valence-corrected chi connectivity index (χ4v) is 3.12. The molecule has 1 aliphatic rings. The number of carbonyl (C=O) groups excluding carboxylic acids is 1. The van der Waals surface area contributed by atoms with Crippen molar-refractivity contribution in [2.75, 3.05) is 13.1 Å². The molecule has 5 nitrogen and oxygen atoms in total. The van der Waals surface area contributed by atoms with E-state index in [4.69, 9.17) is 0 Å². The predicted molar refractivity (Wildman–Crippen MR) is 85.4 cm³/mol. The molecule has 1 aromatic heterocycles. The lowest BCUT2D eigenvalue weighted by Crippen LogP contribution is -2.42. The molecule has 0 saturated carbocycles. The standard InChI is InChI=1S/C17H19F3N4O/c18-17(19,20)9-16(25)23-8-4-5-13(10-23)11-24-12-15(21-22-24)14-6-2-1-3-7-14/h1-3,6-7,12-13H,4-5,8-11H2. The molecule has 1 fully saturated rings. The van der Waals surface area contributed by atoms with E-state index in [-0.39, 0.29) is 5.92 Å². The van der Waals surface area contributed by atoms with Gasteiger partial charge in [0.25, 0.3) is 0 Å². The summed E-state index contributed by atoms with van der Waals surface area (Å²) in [6.45, 7) is 1.25. The number of amides is 1. The quantitative estimate of drug-likeness (QED) is 0.849. The Morgan fingerprint density at radius 1 is 1.24 bits per heavy atom. The van der Waals surface area contributed by atoms with Crippen LogP contribution in [0.1, 0.15) is 19.3 Å². The van der Waals surface area contributed by atoms with Crippen molar-refractivity contribution < 1.29 is 18.0 Å². The third-order valence-corrected chi connectivity index (χ3v) is 4.28. The number of alkyl halides is 3. The van der Waals surface area contributed by atoms with Gasteiger partial charge in [-0.2, -0.15) is 13.2 Å². The van der Waals surface area contributed by atoms with Crippen molar-refractivity contribution in [2.24, 2.45) is 5.92 Å². The molecule has 8 heteroatoms. The fraction of sp³-hybridized carbons (Fsp3) is 0.471. The van der Waals surface area contributed by atoms with Gasteiger partial charge in [-0.15, -0.1) is 5.10 Å². The highest BCUT2D eigenvalue weighted by Gasteiger charge is 2.35. The number of hydrogen-bond acceptors (Lipinski definition) is 3. The Morgan fingerprint density at radius 2 is 2.00 bits per heavy atom. The first-order valence-corrected chi connectivity index (χ1v) is 8.21. The van der Waals surface area contributed by atoms with Crippen LogP contribution >= 0.6 is 0 Å². The minimum Gasteiger partial charge on any atom is -0.342 e. The molecule has 1 amide bonds. The van der Waals surface area contributed by atoms with Crippen LogP contribution in [0.15, 0.2) is 36.5 Å². The third-order valence-electron chi connectivity index (χ3n) is 4.28. The zero-order valence-electron chi connectivity index (χ0n) is 13.6. The minimum atomic E-state index is -4.46. The van der Waals surface area contributed by atoms with E-state index in [2.05, 4.69) is 10.3 Å². The molecule has 3 rings (SSSR count). The number of piperidine rings is 1. The van der Waals surface area contributed by atoms with Gasteiger partial charge >= 0.3 is 6.18 Å². The van der Waals surface area contributed by atoms with Crippen LogP contribution in [0.3, 0.4) is 0 Å². The van der Waals surface area contributed by atoms with E-state index in [9.17, 15) is 18.0 Å². The van der Waals surface area contributed by atoms with Gasteiger partial charge < -0.3 is 4.90 Å². The Hall–Kier alpha value is -2.38. The molecule has 1 aliphatic heterocycles. The Morgan fingerprint density at radius 3 is 2.72 bits per heavy atom. The van der Waals surface area contributed by atoms with E-state index < -0.39 is 18.5 Å². The second-order valence-corrected chi connectivity index (χ2v) is 6.33. The van der Waals surface area contributed by atoms with Crippen LogP contribution in [0, 0.1) is 5.92 Å². The number of likely N-dealkylation sites (tertiary alicyclic amines) is 1. The summed E-state index contributed by atoms with van der Waals surface area (Å²) in [5.41, 5.74) is 1.71. The summed E-state index contributed by atoms with van der Waals surface area (Å²) >= 11 is 0. The Labute approximate surface area is 143 Å². The van der Waals surface area contributed by atoms with E-state index >= 15 is 0 Å². The van der Waals surface area contributed by atoms with E-state index in [1.165, 1.54) is 4.90 Å². The Bertz CT molecular complexity index is 714. The average Bonchev–Trinajstić information content (AvgIpc) is 3.03. The second kappa shape index (κ2) is 7.25. The number of nitrogens with zero attached hydrogens (tertiary/aromatic N) is 4. The molecular weight excluding hydrogens is 333 g/mol. The van der Waals surface area contributed by atoms with Gasteiger partial charge in [0.15, 0.2) is 0 Å². The van der Waals surface area contributed by atoms with Crippen LogP contribution in [0.5, 0.6) is 0 Å². The van der Waals surface area contributed by atoms with Crippen molar-refractivity contribution in [3.8, 4) is 11.3 Å². The minimum absolute atomic E-state index is 0.0799. The highest BCUT2D eigenvalue weighted by atomic mass is 19.4. The van der Waals surface area contributed by atoms with E-state index in [1.807, 2.05) is 36.5 Å². The Kier molecular flexibility index (Phi) is 5.06. The van der Waals surface area contributed by atoms with E-state index in [0.717, 1.165) is 17.7 Å². The van der Waals surface area contributed by atoms with Gasteiger partial charge in [-0.25, -0.2) is 0 Å². The number of rotatable bonds is 4. The topological polar surface area (TPSA) is 51.0 Å². The largest absolute Gasteiger partial charge is 0.397 e. The maximum absolute atomic E-state index is 12.4. The summed E-state index contributed by atoms with van der Waals surface area (Å²) in [5, 5.41) is 8.24. The molecule has 25 heavy (non-hydrogen) atoms. The second-order valence-electron chi connectivity index (χ2n) is 6.33. The number of halogens is 3.